The molecule has 19 heavy (non-hydrogen) atoms. The van der Waals surface area contributed by atoms with Crippen LogP contribution in [0.15, 0.2) is 22.7 Å². The largest absolute Gasteiger partial charge is 0.480 e. The van der Waals surface area contributed by atoms with Crippen LogP contribution in [-0.4, -0.2) is 41.1 Å². The van der Waals surface area contributed by atoms with E-state index in [4.69, 9.17) is 15.9 Å². The van der Waals surface area contributed by atoms with Crippen LogP contribution in [0.5, 0.6) is 0 Å². The van der Waals surface area contributed by atoms with Crippen molar-refractivity contribution in [2.24, 2.45) is 5.73 Å². The van der Waals surface area contributed by atoms with Gasteiger partial charge < -0.3 is 20.8 Å². The molecule has 0 fully saturated rings. The van der Waals surface area contributed by atoms with Crippen LogP contribution >= 0.6 is 15.9 Å². The minimum atomic E-state index is -1.21. The van der Waals surface area contributed by atoms with Crippen LogP contribution in [0.4, 0.5) is 5.69 Å². The zero-order chi connectivity index (χ0) is 14.6. The van der Waals surface area contributed by atoms with E-state index in [2.05, 4.69) is 15.9 Å². The van der Waals surface area contributed by atoms with E-state index in [1.807, 2.05) is 0 Å². The van der Waals surface area contributed by atoms with Crippen molar-refractivity contribution >= 4 is 39.5 Å². The van der Waals surface area contributed by atoms with Gasteiger partial charge in [-0.2, -0.15) is 0 Å². The second kappa shape index (κ2) is 6.19. The average Bonchev–Trinajstić information content (AvgIpc) is 2.26. The summed E-state index contributed by atoms with van der Waals surface area (Å²) >= 11 is 3.16. The van der Waals surface area contributed by atoms with Gasteiger partial charge in [-0.3, -0.25) is 14.4 Å². The van der Waals surface area contributed by atoms with Crippen molar-refractivity contribution in [2.45, 2.75) is 0 Å². The van der Waals surface area contributed by atoms with Crippen molar-refractivity contribution in [3.63, 3.8) is 0 Å². The first kappa shape index (κ1) is 15.0. The molecule has 8 heteroatoms. The number of carboxylic acids is 2. The van der Waals surface area contributed by atoms with Crippen LogP contribution in [0.1, 0.15) is 10.4 Å². The first-order valence-electron chi connectivity index (χ1n) is 5.09. The Bertz CT molecular complexity index is 516. The van der Waals surface area contributed by atoms with Crippen LogP contribution in [-0.2, 0) is 9.59 Å². The molecule has 0 aliphatic carbocycles. The Morgan fingerprint density at radius 1 is 1.16 bits per heavy atom. The van der Waals surface area contributed by atoms with E-state index in [-0.39, 0.29) is 11.3 Å². The monoisotopic (exact) mass is 330 g/mol. The molecule has 0 atom stereocenters. The van der Waals surface area contributed by atoms with Gasteiger partial charge in [0.25, 0.3) is 5.91 Å². The SMILES string of the molecule is NC(=O)c1cc(Br)ccc1N(CC(=O)O)CC(=O)O. The summed E-state index contributed by atoms with van der Waals surface area (Å²) in [7, 11) is 0. The van der Waals surface area contributed by atoms with Gasteiger partial charge in [0.05, 0.1) is 11.3 Å². The van der Waals surface area contributed by atoms with Gasteiger partial charge in [-0.15, -0.1) is 0 Å². The van der Waals surface area contributed by atoms with Crippen molar-refractivity contribution in [1.29, 1.82) is 0 Å². The summed E-state index contributed by atoms with van der Waals surface area (Å²) in [6.07, 6.45) is 0. The summed E-state index contributed by atoms with van der Waals surface area (Å²) in [5.74, 6) is -3.18. The molecule has 1 aromatic carbocycles. The fourth-order valence-corrected chi connectivity index (χ4v) is 1.90. The predicted molar refractivity (Wildman–Crippen MR) is 70.1 cm³/mol. The third-order valence-corrected chi connectivity index (χ3v) is 2.71. The number of hydrogen-bond donors (Lipinski definition) is 3. The minimum absolute atomic E-state index is 0.0527. The zero-order valence-corrected chi connectivity index (χ0v) is 11.3. The molecule has 1 amide bonds. The van der Waals surface area contributed by atoms with Crippen LogP contribution in [0.2, 0.25) is 0 Å². The van der Waals surface area contributed by atoms with E-state index in [9.17, 15) is 14.4 Å². The van der Waals surface area contributed by atoms with Gasteiger partial charge in [-0.05, 0) is 18.2 Å². The van der Waals surface area contributed by atoms with Gasteiger partial charge in [0.1, 0.15) is 13.1 Å². The third kappa shape index (κ3) is 4.25. The Morgan fingerprint density at radius 2 is 1.68 bits per heavy atom. The molecular formula is C11H11BrN2O5. The maximum atomic E-state index is 11.3. The average molecular weight is 331 g/mol. The van der Waals surface area contributed by atoms with Crippen molar-refractivity contribution < 1.29 is 24.6 Å². The zero-order valence-electron chi connectivity index (χ0n) is 9.67. The highest BCUT2D eigenvalue weighted by Crippen LogP contribution is 2.24. The standard InChI is InChI=1S/C11H11BrN2O5/c12-6-1-2-8(7(3-6)11(13)19)14(4-9(15)16)5-10(17)18/h1-3H,4-5H2,(H2,13,19)(H,15,16)(H,17,18). The molecule has 4 N–H and O–H groups in total. The molecule has 0 aliphatic heterocycles. The highest BCUT2D eigenvalue weighted by molar-refractivity contribution is 9.10. The number of carboxylic acid groups (broad SMARTS) is 2. The molecule has 7 nitrogen and oxygen atoms in total. The molecule has 0 heterocycles. The molecular weight excluding hydrogens is 320 g/mol. The Balaban J connectivity index is 3.24. The lowest BCUT2D eigenvalue weighted by molar-refractivity contribution is -0.136. The second-order valence-corrected chi connectivity index (χ2v) is 4.58. The molecule has 1 rings (SSSR count). The summed E-state index contributed by atoms with van der Waals surface area (Å²) in [6, 6.07) is 4.42. The van der Waals surface area contributed by atoms with E-state index in [0.717, 1.165) is 4.90 Å². The number of primary amides is 1. The molecule has 0 aromatic heterocycles. The number of rotatable bonds is 6. The highest BCUT2D eigenvalue weighted by atomic mass is 79.9. The van der Waals surface area contributed by atoms with Crippen molar-refractivity contribution in [2.75, 3.05) is 18.0 Å². The lowest BCUT2D eigenvalue weighted by Gasteiger charge is -2.22. The van der Waals surface area contributed by atoms with Crippen LogP contribution in [0.3, 0.4) is 0 Å². The summed E-state index contributed by atoms with van der Waals surface area (Å²) in [6.45, 7) is -1.09. The molecule has 1 aromatic rings. The summed E-state index contributed by atoms with van der Waals surface area (Å²) < 4.78 is 0.579. The maximum Gasteiger partial charge on any atom is 0.323 e. The number of halogens is 1. The number of aliphatic carboxylic acids is 2. The van der Waals surface area contributed by atoms with Gasteiger partial charge in [0, 0.05) is 4.47 Å². The van der Waals surface area contributed by atoms with Gasteiger partial charge in [0.2, 0.25) is 0 Å². The predicted octanol–water partition coefficient (Wildman–Crippen LogP) is 0.524. The summed E-state index contributed by atoms with van der Waals surface area (Å²) in [5, 5.41) is 17.6. The number of benzene rings is 1. The fourth-order valence-electron chi connectivity index (χ4n) is 1.53. The first-order chi connectivity index (χ1) is 8.81. The van der Waals surface area contributed by atoms with Crippen LogP contribution < -0.4 is 10.6 Å². The Hall–Kier alpha value is -2.09. The van der Waals surface area contributed by atoms with Crippen LogP contribution in [0.25, 0.3) is 0 Å². The van der Waals surface area contributed by atoms with Crippen molar-refractivity contribution in [1.82, 2.24) is 0 Å². The smallest absolute Gasteiger partial charge is 0.323 e. The molecule has 0 radical (unpaired) electrons. The fraction of sp³-hybridized carbons (Fsp3) is 0.182. The van der Waals surface area contributed by atoms with Crippen molar-refractivity contribution in [3.8, 4) is 0 Å². The molecule has 102 valence electrons. The molecule has 0 saturated heterocycles. The lowest BCUT2D eigenvalue weighted by atomic mass is 10.1. The molecule has 0 bridgehead atoms. The number of nitrogens with zero attached hydrogens (tertiary/aromatic N) is 1. The molecule has 0 unspecified atom stereocenters. The van der Waals surface area contributed by atoms with Gasteiger partial charge >= 0.3 is 11.9 Å². The third-order valence-electron chi connectivity index (χ3n) is 2.22. The van der Waals surface area contributed by atoms with E-state index < -0.39 is 30.9 Å². The second-order valence-electron chi connectivity index (χ2n) is 3.67. The summed E-state index contributed by atoms with van der Waals surface area (Å²) in [5.41, 5.74) is 5.42. The van der Waals surface area contributed by atoms with Crippen molar-refractivity contribution in [3.05, 3.63) is 28.2 Å². The first-order valence-corrected chi connectivity index (χ1v) is 5.88. The van der Waals surface area contributed by atoms with E-state index in [1.165, 1.54) is 12.1 Å². The topological polar surface area (TPSA) is 121 Å². The van der Waals surface area contributed by atoms with Crippen LogP contribution in [0, 0.1) is 0 Å². The number of amides is 1. The van der Waals surface area contributed by atoms with Gasteiger partial charge in [-0.1, -0.05) is 15.9 Å². The summed E-state index contributed by atoms with van der Waals surface area (Å²) in [4.78, 5) is 33.9. The minimum Gasteiger partial charge on any atom is -0.480 e. The number of carbonyl (C=O) groups is 3. The van der Waals surface area contributed by atoms with Gasteiger partial charge in [0.15, 0.2) is 0 Å². The van der Waals surface area contributed by atoms with Gasteiger partial charge in [-0.25, -0.2) is 0 Å². The number of anilines is 1. The Labute approximate surface area is 116 Å². The molecule has 0 saturated carbocycles. The van der Waals surface area contributed by atoms with E-state index >= 15 is 0 Å². The maximum absolute atomic E-state index is 11.3. The number of nitrogens with two attached hydrogens (primary N) is 1. The highest BCUT2D eigenvalue weighted by Gasteiger charge is 2.19. The Morgan fingerprint density at radius 3 is 2.11 bits per heavy atom. The van der Waals surface area contributed by atoms with E-state index in [0.29, 0.717) is 4.47 Å². The Kier molecular flexibility index (Phi) is 4.87. The molecule has 0 aliphatic rings. The quantitative estimate of drug-likeness (QED) is 0.699. The lowest BCUT2D eigenvalue weighted by Crippen LogP contribution is -2.36. The number of carbonyl (C=O) groups excluding carboxylic acids is 1. The van der Waals surface area contributed by atoms with E-state index in [1.54, 1.807) is 6.07 Å². The number of hydrogen-bond acceptors (Lipinski definition) is 4. The molecule has 0 spiro atoms. The normalized spacial score (nSPS) is 9.95.